The molecule has 0 spiro atoms. The number of rotatable bonds is 3. The molecule has 28 heavy (non-hydrogen) atoms. The average Bonchev–Trinajstić information content (AvgIpc) is 3.13. The second kappa shape index (κ2) is 7.50. The highest BCUT2D eigenvalue weighted by molar-refractivity contribution is 5.94. The number of carbonyl (C=O) groups is 1. The third-order valence-electron chi connectivity index (χ3n) is 4.98. The summed E-state index contributed by atoms with van der Waals surface area (Å²) in [5.74, 6) is 0.588. The van der Waals surface area contributed by atoms with Crippen molar-refractivity contribution in [3.8, 4) is 11.3 Å². The van der Waals surface area contributed by atoms with Gasteiger partial charge in [-0.25, -0.2) is 14.4 Å². The second-order valence-electron chi connectivity index (χ2n) is 7.07. The maximum absolute atomic E-state index is 13.6. The van der Waals surface area contributed by atoms with Crippen molar-refractivity contribution >= 4 is 5.91 Å². The van der Waals surface area contributed by atoms with Crippen LogP contribution in [0.15, 0.2) is 41.1 Å². The Morgan fingerprint density at radius 1 is 1.25 bits per heavy atom. The van der Waals surface area contributed by atoms with Crippen molar-refractivity contribution in [1.29, 1.82) is 0 Å². The summed E-state index contributed by atoms with van der Waals surface area (Å²) < 4.78 is 19.1. The van der Waals surface area contributed by atoms with Crippen LogP contribution in [0.2, 0.25) is 0 Å². The molecule has 4 rings (SSSR count). The fourth-order valence-electron chi connectivity index (χ4n) is 3.67. The van der Waals surface area contributed by atoms with Crippen LogP contribution in [-0.2, 0) is 0 Å². The van der Waals surface area contributed by atoms with Crippen LogP contribution >= 0.6 is 0 Å². The number of aryl methyl sites for hydroxylation is 2. The van der Waals surface area contributed by atoms with Gasteiger partial charge < -0.3 is 9.42 Å². The number of hydrogen-bond donors (Lipinski definition) is 0. The van der Waals surface area contributed by atoms with E-state index in [2.05, 4.69) is 15.1 Å². The number of halogens is 1. The average molecular weight is 380 g/mol. The van der Waals surface area contributed by atoms with Crippen LogP contribution < -0.4 is 0 Å². The summed E-state index contributed by atoms with van der Waals surface area (Å²) in [6.07, 6.45) is 4.38. The standard InChI is InChI=1S/C21H21FN4O2/c1-13-10-19(28-25-13)17-12-23-14(2)24-20(17)18-8-3-4-9-26(18)21(27)15-6-5-7-16(22)11-15/h5-7,10-12,18H,3-4,8-9H2,1-2H3/t18-/m1/s1. The molecule has 3 heterocycles. The first-order chi connectivity index (χ1) is 13.5. The van der Waals surface area contributed by atoms with Crippen molar-refractivity contribution in [2.75, 3.05) is 6.54 Å². The van der Waals surface area contributed by atoms with E-state index in [9.17, 15) is 9.18 Å². The molecule has 144 valence electrons. The Labute approximate surface area is 162 Å². The largest absolute Gasteiger partial charge is 0.356 e. The predicted octanol–water partition coefficient (Wildman–Crippen LogP) is 4.25. The Balaban J connectivity index is 1.76. The molecule has 2 aromatic heterocycles. The van der Waals surface area contributed by atoms with Crippen molar-refractivity contribution < 1.29 is 13.7 Å². The van der Waals surface area contributed by atoms with Gasteiger partial charge in [-0.15, -0.1) is 0 Å². The lowest BCUT2D eigenvalue weighted by molar-refractivity contribution is 0.0605. The fourth-order valence-corrected chi connectivity index (χ4v) is 3.67. The van der Waals surface area contributed by atoms with Gasteiger partial charge in [-0.2, -0.15) is 0 Å². The Morgan fingerprint density at radius 3 is 2.86 bits per heavy atom. The third-order valence-corrected chi connectivity index (χ3v) is 4.98. The number of amides is 1. The van der Waals surface area contributed by atoms with E-state index in [0.29, 0.717) is 23.7 Å². The van der Waals surface area contributed by atoms with Crippen molar-refractivity contribution in [1.82, 2.24) is 20.0 Å². The summed E-state index contributed by atoms with van der Waals surface area (Å²) in [7, 11) is 0. The highest BCUT2D eigenvalue weighted by Crippen LogP contribution is 2.36. The summed E-state index contributed by atoms with van der Waals surface area (Å²) in [5.41, 5.74) is 2.58. The molecule has 0 radical (unpaired) electrons. The summed E-state index contributed by atoms with van der Waals surface area (Å²) in [6.45, 7) is 4.26. The van der Waals surface area contributed by atoms with Gasteiger partial charge in [0.2, 0.25) is 0 Å². The lowest BCUT2D eigenvalue weighted by atomic mass is 9.94. The molecule has 1 aliphatic rings. The molecule has 7 heteroatoms. The fraction of sp³-hybridized carbons (Fsp3) is 0.333. The van der Waals surface area contributed by atoms with Crippen LogP contribution in [-0.4, -0.2) is 32.5 Å². The number of likely N-dealkylation sites (tertiary alicyclic amines) is 1. The molecule has 0 aliphatic carbocycles. The summed E-state index contributed by atoms with van der Waals surface area (Å²) in [4.78, 5) is 23.9. The van der Waals surface area contributed by atoms with Gasteiger partial charge in [0.05, 0.1) is 23.0 Å². The molecule has 0 bridgehead atoms. The van der Waals surface area contributed by atoms with E-state index >= 15 is 0 Å². The smallest absolute Gasteiger partial charge is 0.254 e. The van der Waals surface area contributed by atoms with Crippen molar-refractivity contribution in [2.45, 2.75) is 39.2 Å². The molecular weight excluding hydrogens is 359 g/mol. The van der Waals surface area contributed by atoms with Crippen LogP contribution in [0.5, 0.6) is 0 Å². The molecule has 1 atom stereocenters. The van der Waals surface area contributed by atoms with Gasteiger partial charge in [0, 0.05) is 24.4 Å². The zero-order valence-electron chi connectivity index (χ0n) is 15.9. The molecule has 3 aromatic rings. The molecule has 1 fully saturated rings. The minimum Gasteiger partial charge on any atom is -0.356 e. The Hall–Kier alpha value is -3.09. The van der Waals surface area contributed by atoms with Crippen LogP contribution in [0.4, 0.5) is 4.39 Å². The van der Waals surface area contributed by atoms with Crippen LogP contribution in [0.25, 0.3) is 11.3 Å². The number of carbonyl (C=O) groups excluding carboxylic acids is 1. The van der Waals surface area contributed by atoms with E-state index in [0.717, 1.165) is 36.2 Å². The Morgan fingerprint density at radius 2 is 2.11 bits per heavy atom. The van der Waals surface area contributed by atoms with Gasteiger partial charge in [-0.1, -0.05) is 11.2 Å². The number of hydrogen-bond acceptors (Lipinski definition) is 5. The van der Waals surface area contributed by atoms with Gasteiger partial charge in [-0.05, 0) is 51.3 Å². The third kappa shape index (κ3) is 3.52. The topological polar surface area (TPSA) is 72.1 Å². The normalized spacial score (nSPS) is 17.0. The summed E-state index contributed by atoms with van der Waals surface area (Å²) in [5, 5.41) is 3.96. The first-order valence-corrected chi connectivity index (χ1v) is 9.36. The maximum atomic E-state index is 13.6. The first kappa shape index (κ1) is 18.3. The van der Waals surface area contributed by atoms with Crippen LogP contribution in [0, 0.1) is 19.7 Å². The maximum Gasteiger partial charge on any atom is 0.254 e. The lowest BCUT2D eigenvalue weighted by Crippen LogP contribution is -2.39. The number of nitrogens with zero attached hydrogens (tertiary/aromatic N) is 4. The van der Waals surface area contributed by atoms with E-state index in [1.807, 2.05) is 19.9 Å². The molecular formula is C21H21FN4O2. The molecule has 1 aliphatic heterocycles. The van der Waals surface area contributed by atoms with Crippen molar-refractivity contribution in [2.24, 2.45) is 0 Å². The molecule has 0 unspecified atom stereocenters. The highest BCUT2D eigenvalue weighted by Gasteiger charge is 2.32. The van der Waals surface area contributed by atoms with E-state index in [1.165, 1.54) is 12.1 Å². The monoisotopic (exact) mass is 380 g/mol. The Kier molecular flexibility index (Phi) is 4.90. The first-order valence-electron chi connectivity index (χ1n) is 9.36. The van der Waals surface area contributed by atoms with Crippen LogP contribution in [0.3, 0.4) is 0 Å². The van der Waals surface area contributed by atoms with Gasteiger partial charge >= 0.3 is 0 Å². The summed E-state index contributed by atoms with van der Waals surface area (Å²) in [6, 6.07) is 7.41. The van der Waals surface area contributed by atoms with Crippen LogP contribution in [0.1, 0.15) is 52.9 Å². The number of aromatic nitrogens is 3. The minimum atomic E-state index is -0.421. The minimum absolute atomic E-state index is 0.194. The van der Waals surface area contributed by atoms with Crippen molar-refractivity contribution in [3.05, 3.63) is 65.1 Å². The molecule has 6 nitrogen and oxygen atoms in total. The number of piperidine rings is 1. The van der Waals surface area contributed by atoms with Gasteiger partial charge in [0.1, 0.15) is 11.6 Å². The van der Waals surface area contributed by atoms with Gasteiger partial charge in [0.25, 0.3) is 5.91 Å². The molecule has 0 N–H and O–H groups in total. The highest BCUT2D eigenvalue weighted by atomic mass is 19.1. The van der Waals surface area contributed by atoms with E-state index in [4.69, 9.17) is 4.52 Å². The SMILES string of the molecule is Cc1cc(-c2cnc(C)nc2[C@H]2CCCCN2C(=O)c2cccc(F)c2)on1. The molecule has 1 amide bonds. The number of benzene rings is 1. The lowest BCUT2D eigenvalue weighted by Gasteiger charge is -2.36. The zero-order chi connectivity index (χ0) is 19.7. The molecule has 1 aromatic carbocycles. The quantitative estimate of drug-likeness (QED) is 0.679. The molecule has 0 saturated carbocycles. The van der Waals surface area contributed by atoms with Crippen molar-refractivity contribution in [3.63, 3.8) is 0 Å². The van der Waals surface area contributed by atoms with E-state index in [-0.39, 0.29) is 11.9 Å². The zero-order valence-corrected chi connectivity index (χ0v) is 15.9. The predicted molar refractivity (Wildman–Crippen MR) is 101 cm³/mol. The second-order valence-corrected chi connectivity index (χ2v) is 7.07. The van der Waals surface area contributed by atoms with Gasteiger partial charge in [0.15, 0.2) is 5.76 Å². The Bertz CT molecular complexity index is 1020. The van der Waals surface area contributed by atoms with Gasteiger partial charge in [-0.3, -0.25) is 4.79 Å². The molecule has 1 saturated heterocycles. The van der Waals surface area contributed by atoms with E-state index in [1.54, 1.807) is 23.2 Å². The van der Waals surface area contributed by atoms with E-state index < -0.39 is 5.82 Å². The summed E-state index contributed by atoms with van der Waals surface area (Å²) >= 11 is 0.